The molecule has 2 heterocycles. The minimum Gasteiger partial charge on any atom is -0.377 e. The van der Waals surface area contributed by atoms with Crippen LogP contribution in [0.1, 0.15) is 29.4 Å². The topological polar surface area (TPSA) is 29.5 Å². The molecular formula is C12H17NO2S. The summed E-state index contributed by atoms with van der Waals surface area (Å²) in [6.07, 6.45) is 3.58. The first-order chi connectivity index (χ1) is 7.83. The van der Waals surface area contributed by atoms with Crippen LogP contribution < -0.4 is 4.90 Å². The molecule has 0 spiro atoms. The number of hydrogen-bond acceptors (Lipinski definition) is 4. The Bertz CT molecular complexity index is 349. The van der Waals surface area contributed by atoms with Crippen LogP contribution in [-0.4, -0.2) is 32.1 Å². The third kappa shape index (κ3) is 2.62. The van der Waals surface area contributed by atoms with Crippen molar-refractivity contribution in [3.05, 3.63) is 17.0 Å². The van der Waals surface area contributed by atoms with Gasteiger partial charge in [-0.05, 0) is 31.9 Å². The second-order valence-electron chi connectivity index (χ2n) is 3.96. The summed E-state index contributed by atoms with van der Waals surface area (Å²) in [6.45, 7) is 4.84. The molecule has 0 aliphatic carbocycles. The lowest BCUT2D eigenvalue weighted by Gasteiger charge is -2.33. The highest BCUT2D eigenvalue weighted by Gasteiger charge is 2.21. The van der Waals surface area contributed by atoms with Crippen molar-refractivity contribution in [2.24, 2.45) is 0 Å². The molecule has 1 unspecified atom stereocenters. The average molecular weight is 239 g/mol. The van der Waals surface area contributed by atoms with Crippen LogP contribution in [0.15, 0.2) is 12.1 Å². The maximum Gasteiger partial charge on any atom is 0.160 e. The number of carbonyl (C=O) groups excluding carboxylic acids is 1. The molecule has 0 N–H and O–H groups in total. The van der Waals surface area contributed by atoms with Crippen LogP contribution in [0.4, 0.5) is 5.00 Å². The monoisotopic (exact) mass is 239 g/mol. The van der Waals surface area contributed by atoms with Gasteiger partial charge in [0.1, 0.15) is 0 Å². The van der Waals surface area contributed by atoms with Gasteiger partial charge in [-0.3, -0.25) is 4.79 Å². The number of thiophene rings is 1. The molecule has 4 heteroatoms. The van der Waals surface area contributed by atoms with Crippen LogP contribution in [0.2, 0.25) is 0 Å². The summed E-state index contributed by atoms with van der Waals surface area (Å²) < 4.78 is 5.66. The van der Waals surface area contributed by atoms with E-state index in [1.54, 1.807) is 11.3 Å². The van der Waals surface area contributed by atoms with E-state index in [2.05, 4.69) is 4.90 Å². The van der Waals surface area contributed by atoms with E-state index in [4.69, 9.17) is 4.74 Å². The predicted octanol–water partition coefficient (Wildman–Crippen LogP) is 2.57. The zero-order valence-electron chi connectivity index (χ0n) is 9.52. The van der Waals surface area contributed by atoms with E-state index in [-0.39, 0.29) is 0 Å². The van der Waals surface area contributed by atoms with Gasteiger partial charge in [0, 0.05) is 19.7 Å². The molecule has 1 aliphatic heterocycles. The van der Waals surface area contributed by atoms with Crippen molar-refractivity contribution < 1.29 is 9.53 Å². The summed E-state index contributed by atoms with van der Waals surface area (Å²) in [7, 11) is 0. The molecular weight excluding hydrogens is 222 g/mol. The van der Waals surface area contributed by atoms with E-state index in [1.165, 1.54) is 11.4 Å². The Morgan fingerprint density at radius 2 is 2.50 bits per heavy atom. The molecule has 16 heavy (non-hydrogen) atoms. The third-order valence-electron chi connectivity index (χ3n) is 2.82. The van der Waals surface area contributed by atoms with Crippen LogP contribution in [-0.2, 0) is 4.74 Å². The van der Waals surface area contributed by atoms with E-state index >= 15 is 0 Å². The molecule has 1 fully saturated rings. The van der Waals surface area contributed by atoms with E-state index in [1.807, 2.05) is 19.1 Å². The zero-order chi connectivity index (χ0) is 11.4. The van der Waals surface area contributed by atoms with Gasteiger partial charge in [0.2, 0.25) is 0 Å². The maximum absolute atomic E-state index is 10.6. The van der Waals surface area contributed by atoms with E-state index in [0.717, 1.165) is 37.3 Å². The van der Waals surface area contributed by atoms with E-state index < -0.39 is 0 Å². The molecule has 88 valence electrons. The van der Waals surface area contributed by atoms with Crippen LogP contribution >= 0.6 is 11.3 Å². The Kier molecular flexibility index (Phi) is 3.96. The van der Waals surface area contributed by atoms with Crippen molar-refractivity contribution in [3.8, 4) is 0 Å². The number of aldehydes is 1. The predicted molar refractivity (Wildman–Crippen MR) is 66.6 cm³/mol. The minimum absolute atomic E-state index is 0.348. The molecule has 0 aromatic carbocycles. The van der Waals surface area contributed by atoms with Gasteiger partial charge in [-0.1, -0.05) is 0 Å². The lowest BCUT2D eigenvalue weighted by Crippen LogP contribution is -2.39. The number of carbonyl (C=O) groups is 1. The van der Waals surface area contributed by atoms with Crippen molar-refractivity contribution in [2.45, 2.75) is 25.9 Å². The number of piperidine rings is 1. The summed E-state index contributed by atoms with van der Waals surface area (Å²) in [5, 5.41) is 1.19. The molecule has 2 rings (SSSR count). The van der Waals surface area contributed by atoms with Gasteiger partial charge < -0.3 is 9.64 Å². The van der Waals surface area contributed by atoms with Gasteiger partial charge in [-0.25, -0.2) is 0 Å². The van der Waals surface area contributed by atoms with Crippen LogP contribution in [0.25, 0.3) is 0 Å². The Hall–Kier alpha value is -0.870. The number of nitrogens with zero attached hydrogens (tertiary/aromatic N) is 1. The van der Waals surface area contributed by atoms with Crippen molar-refractivity contribution in [2.75, 3.05) is 24.6 Å². The molecule has 1 aromatic rings. The van der Waals surface area contributed by atoms with Crippen LogP contribution in [0, 0.1) is 0 Å². The quantitative estimate of drug-likeness (QED) is 0.756. The van der Waals surface area contributed by atoms with E-state index in [0.29, 0.717) is 6.10 Å². The fourth-order valence-electron chi connectivity index (χ4n) is 2.09. The molecule has 0 radical (unpaired) electrons. The molecule has 0 bridgehead atoms. The highest BCUT2D eigenvalue weighted by Crippen LogP contribution is 2.28. The van der Waals surface area contributed by atoms with Gasteiger partial charge in [0.25, 0.3) is 0 Å². The van der Waals surface area contributed by atoms with Crippen molar-refractivity contribution in [1.82, 2.24) is 0 Å². The Morgan fingerprint density at radius 3 is 3.19 bits per heavy atom. The molecule has 1 aliphatic rings. The summed E-state index contributed by atoms with van der Waals surface area (Å²) in [6, 6.07) is 3.92. The Morgan fingerprint density at radius 1 is 1.62 bits per heavy atom. The van der Waals surface area contributed by atoms with Gasteiger partial charge >= 0.3 is 0 Å². The summed E-state index contributed by atoms with van der Waals surface area (Å²) in [5.41, 5.74) is 0. The second kappa shape index (κ2) is 5.46. The fraction of sp³-hybridized carbons (Fsp3) is 0.583. The zero-order valence-corrected chi connectivity index (χ0v) is 10.3. The number of rotatable bonds is 4. The Labute approximate surface area is 100 Å². The fourth-order valence-corrected chi connectivity index (χ4v) is 2.94. The lowest BCUT2D eigenvalue weighted by molar-refractivity contribution is 0.0528. The van der Waals surface area contributed by atoms with Crippen LogP contribution in [0.3, 0.4) is 0 Å². The normalized spacial score (nSPS) is 21.1. The van der Waals surface area contributed by atoms with Crippen molar-refractivity contribution >= 4 is 22.6 Å². The molecule has 1 atom stereocenters. The lowest BCUT2D eigenvalue weighted by atomic mass is 10.1. The van der Waals surface area contributed by atoms with Gasteiger partial charge in [-0.15, -0.1) is 11.3 Å². The van der Waals surface area contributed by atoms with Gasteiger partial charge in [0.15, 0.2) is 6.29 Å². The summed E-state index contributed by atoms with van der Waals surface area (Å²) >= 11 is 1.56. The van der Waals surface area contributed by atoms with Gasteiger partial charge in [-0.2, -0.15) is 0 Å². The van der Waals surface area contributed by atoms with Gasteiger partial charge in [0.05, 0.1) is 16.0 Å². The standard InChI is InChI=1S/C12H17NO2S/c1-2-15-10-4-3-7-13(8-10)12-6-5-11(9-14)16-12/h5-6,9-10H,2-4,7-8H2,1H3. The second-order valence-corrected chi connectivity index (χ2v) is 5.05. The summed E-state index contributed by atoms with van der Waals surface area (Å²) in [4.78, 5) is 13.8. The number of ether oxygens (including phenoxy) is 1. The molecule has 1 saturated heterocycles. The highest BCUT2D eigenvalue weighted by atomic mass is 32.1. The van der Waals surface area contributed by atoms with Crippen molar-refractivity contribution in [3.63, 3.8) is 0 Å². The molecule has 3 nitrogen and oxygen atoms in total. The largest absolute Gasteiger partial charge is 0.377 e. The number of hydrogen-bond donors (Lipinski definition) is 0. The third-order valence-corrected chi connectivity index (χ3v) is 3.89. The highest BCUT2D eigenvalue weighted by molar-refractivity contribution is 7.17. The molecule has 0 amide bonds. The average Bonchev–Trinajstić information content (AvgIpc) is 2.78. The summed E-state index contributed by atoms with van der Waals surface area (Å²) in [5.74, 6) is 0. The smallest absolute Gasteiger partial charge is 0.160 e. The van der Waals surface area contributed by atoms with Crippen LogP contribution in [0.5, 0.6) is 0 Å². The number of anilines is 1. The van der Waals surface area contributed by atoms with Crippen molar-refractivity contribution in [1.29, 1.82) is 0 Å². The first-order valence-electron chi connectivity index (χ1n) is 5.75. The first-order valence-corrected chi connectivity index (χ1v) is 6.56. The molecule has 0 saturated carbocycles. The SMILES string of the molecule is CCOC1CCCN(c2ccc(C=O)s2)C1. The minimum atomic E-state index is 0.348. The first kappa shape index (κ1) is 11.6. The van der Waals surface area contributed by atoms with E-state index in [9.17, 15) is 4.79 Å². The molecule has 1 aromatic heterocycles. The Balaban J connectivity index is 2.00. The maximum atomic E-state index is 10.6.